The lowest BCUT2D eigenvalue weighted by atomic mass is 10.1. The number of hydrogen-bond donors (Lipinski definition) is 0. The summed E-state index contributed by atoms with van der Waals surface area (Å²) in [7, 11) is 0. The maximum atomic E-state index is 13.0. The van der Waals surface area contributed by atoms with Crippen LogP contribution in [0, 0.1) is 6.92 Å². The number of hydrogen-bond acceptors (Lipinski definition) is 6. The molecular weight excluding hydrogens is 398 g/mol. The molecule has 2 aliphatic rings. The van der Waals surface area contributed by atoms with Crippen molar-refractivity contribution in [2.24, 2.45) is 0 Å². The van der Waals surface area contributed by atoms with Crippen molar-refractivity contribution >= 4 is 17.7 Å². The number of ether oxygens (including phenoxy) is 1. The van der Waals surface area contributed by atoms with Crippen LogP contribution >= 0.6 is 11.8 Å². The molecule has 1 amide bonds. The van der Waals surface area contributed by atoms with Crippen LogP contribution in [0.5, 0.6) is 0 Å². The van der Waals surface area contributed by atoms with Gasteiger partial charge >= 0.3 is 0 Å². The Morgan fingerprint density at radius 3 is 2.67 bits per heavy atom. The molecule has 0 aliphatic carbocycles. The van der Waals surface area contributed by atoms with Crippen molar-refractivity contribution in [3.05, 3.63) is 36.2 Å². The van der Waals surface area contributed by atoms with E-state index in [9.17, 15) is 4.79 Å². The van der Waals surface area contributed by atoms with E-state index in [1.807, 2.05) is 16.7 Å². The number of aryl methyl sites for hydroxylation is 1. The second kappa shape index (κ2) is 9.49. The fourth-order valence-corrected chi connectivity index (χ4v) is 5.31. The molecule has 162 valence electrons. The Labute approximate surface area is 182 Å². The van der Waals surface area contributed by atoms with Gasteiger partial charge in [-0.2, -0.15) is 0 Å². The van der Waals surface area contributed by atoms with Gasteiger partial charge in [0.15, 0.2) is 5.16 Å². The Morgan fingerprint density at radius 1 is 1.20 bits per heavy atom. The van der Waals surface area contributed by atoms with Crippen molar-refractivity contribution in [3.63, 3.8) is 0 Å². The molecule has 0 spiro atoms. The number of thioether (sulfide) groups is 1. The van der Waals surface area contributed by atoms with Gasteiger partial charge in [-0.05, 0) is 45.7 Å². The molecule has 3 heterocycles. The lowest BCUT2D eigenvalue weighted by molar-refractivity contribution is -0.130. The first-order valence-electron chi connectivity index (χ1n) is 10.8. The quantitative estimate of drug-likeness (QED) is 0.658. The van der Waals surface area contributed by atoms with E-state index in [0.717, 1.165) is 49.9 Å². The zero-order chi connectivity index (χ0) is 21.1. The number of carbonyl (C=O) groups excluding carboxylic acids is 1. The van der Waals surface area contributed by atoms with Crippen LogP contribution in [-0.2, 0) is 9.53 Å². The first kappa shape index (κ1) is 21.3. The Kier molecular flexibility index (Phi) is 6.75. The minimum absolute atomic E-state index is 0.190. The van der Waals surface area contributed by atoms with Gasteiger partial charge in [-0.15, -0.1) is 10.2 Å². The number of carbonyl (C=O) groups is 1. The van der Waals surface area contributed by atoms with Gasteiger partial charge in [-0.25, -0.2) is 0 Å². The van der Waals surface area contributed by atoms with Crippen LogP contribution in [0.4, 0.5) is 0 Å². The highest BCUT2D eigenvalue weighted by Crippen LogP contribution is 2.24. The van der Waals surface area contributed by atoms with Gasteiger partial charge in [0.05, 0.1) is 18.0 Å². The van der Waals surface area contributed by atoms with Gasteiger partial charge < -0.3 is 9.64 Å². The van der Waals surface area contributed by atoms with Crippen molar-refractivity contribution < 1.29 is 9.53 Å². The van der Waals surface area contributed by atoms with Crippen molar-refractivity contribution in [1.29, 1.82) is 0 Å². The van der Waals surface area contributed by atoms with Crippen LogP contribution in [0.15, 0.2) is 35.7 Å². The molecule has 1 aromatic heterocycles. The summed E-state index contributed by atoms with van der Waals surface area (Å²) in [6.07, 6.45) is 4.37. The topological polar surface area (TPSA) is 63.5 Å². The summed E-state index contributed by atoms with van der Waals surface area (Å²) < 4.78 is 7.79. The maximum absolute atomic E-state index is 13.0. The molecule has 1 aromatic carbocycles. The molecule has 3 unspecified atom stereocenters. The molecule has 0 radical (unpaired) electrons. The van der Waals surface area contributed by atoms with Crippen molar-refractivity contribution in [2.45, 2.75) is 57.0 Å². The molecule has 2 aliphatic heterocycles. The van der Waals surface area contributed by atoms with Crippen LogP contribution in [-0.4, -0.2) is 80.7 Å². The Bertz CT molecular complexity index is 845. The predicted molar refractivity (Wildman–Crippen MR) is 118 cm³/mol. The van der Waals surface area contributed by atoms with E-state index in [4.69, 9.17) is 4.74 Å². The number of morpholine rings is 1. The number of nitrogens with zero attached hydrogens (tertiary/aromatic N) is 5. The predicted octanol–water partition coefficient (Wildman–Crippen LogP) is 2.77. The second-order valence-electron chi connectivity index (χ2n) is 8.47. The molecule has 3 atom stereocenters. The van der Waals surface area contributed by atoms with Crippen LogP contribution in [0.3, 0.4) is 0 Å². The third-order valence-electron chi connectivity index (χ3n) is 5.82. The molecule has 30 heavy (non-hydrogen) atoms. The van der Waals surface area contributed by atoms with Crippen LogP contribution in [0.25, 0.3) is 5.69 Å². The lowest BCUT2D eigenvalue weighted by Crippen LogP contribution is -2.51. The number of amides is 1. The van der Waals surface area contributed by atoms with E-state index >= 15 is 0 Å². The number of aromatic nitrogens is 3. The number of rotatable bonds is 6. The number of benzene rings is 1. The zero-order valence-corrected chi connectivity index (χ0v) is 18.8. The van der Waals surface area contributed by atoms with Gasteiger partial charge in [0.1, 0.15) is 6.33 Å². The van der Waals surface area contributed by atoms with Crippen molar-refractivity contribution in [1.82, 2.24) is 24.6 Å². The Balaban J connectivity index is 1.35. The van der Waals surface area contributed by atoms with E-state index in [0.29, 0.717) is 11.8 Å². The summed E-state index contributed by atoms with van der Waals surface area (Å²) in [6, 6.07) is 8.52. The fourth-order valence-electron chi connectivity index (χ4n) is 4.50. The first-order chi connectivity index (χ1) is 14.5. The average molecular weight is 430 g/mol. The summed E-state index contributed by atoms with van der Waals surface area (Å²) in [5.74, 6) is 0.576. The summed E-state index contributed by atoms with van der Waals surface area (Å²) >= 11 is 1.46. The standard InChI is InChI=1S/C22H31N5O2S/c1-16-6-8-19(9-7-16)27-15-23-24-22(27)30-14-21(28)26-10-4-5-20(26)13-25-11-17(2)29-18(3)12-25/h6-9,15,17-18,20H,4-5,10-14H2,1-3H3. The molecule has 0 N–H and O–H groups in total. The molecule has 8 heteroatoms. The van der Waals surface area contributed by atoms with Gasteiger partial charge in [-0.1, -0.05) is 29.5 Å². The molecule has 0 bridgehead atoms. The molecule has 2 fully saturated rings. The zero-order valence-electron chi connectivity index (χ0n) is 18.0. The van der Waals surface area contributed by atoms with Gasteiger partial charge in [0, 0.05) is 37.9 Å². The van der Waals surface area contributed by atoms with E-state index in [2.05, 4.69) is 52.9 Å². The highest BCUT2D eigenvalue weighted by molar-refractivity contribution is 7.99. The largest absolute Gasteiger partial charge is 0.373 e. The van der Waals surface area contributed by atoms with Crippen LogP contribution in [0.1, 0.15) is 32.3 Å². The second-order valence-corrected chi connectivity index (χ2v) is 9.41. The molecular formula is C22H31N5O2S. The third-order valence-corrected chi connectivity index (χ3v) is 6.74. The Hall–Kier alpha value is -1.90. The van der Waals surface area contributed by atoms with E-state index in [1.165, 1.54) is 17.3 Å². The highest BCUT2D eigenvalue weighted by atomic mass is 32.2. The SMILES string of the molecule is Cc1ccc(-n2cnnc2SCC(=O)N2CCCC2CN2CC(C)OC(C)C2)cc1. The minimum atomic E-state index is 0.190. The fraction of sp³-hybridized carbons (Fsp3) is 0.591. The van der Waals surface area contributed by atoms with Crippen molar-refractivity contribution in [3.8, 4) is 5.69 Å². The highest BCUT2D eigenvalue weighted by Gasteiger charge is 2.32. The average Bonchev–Trinajstić information content (AvgIpc) is 3.35. The van der Waals surface area contributed by atoms with Crippen LogP contribution in [0.2, 0.25) is 0 Å². The maximum Gasteiger partial charge on any atom is 0.233 e. The molecule has 2 saturated heterocycles. The van der Waals surface area contributed by atoms with Gasteiger partial charge in [0.2, 0.25) is 5.91 Å². The van der Waals surface area contributed by atoms with Crippen LogP contribution < -0.4 is 0 Å². The monoisotopic (exact) mass is 429 g/mol. The Morgan fingerprint density at radius 2 is 1.93 bits per heavy atom. The minimum Gasteiger partial charge on any atom is -0.373 e. The summed E-state index contributed by atoms with van der Waals surface area (Å²) in [6.45, 7) is 9.99. The number of likely N-dealkylation sites (tertiary alicyclic amines) is 1. The third kappa shape index (κ3) is 5.04. The lowest BCUT2D eigenvalue weighted by Gasteiger charge is -2.38. The molecule has 4 rings (SSSR count). The first-order valence-corrected chi connectivity index (χ1v) is 11.8. The molecule has 2 aromatic rings. The van der Waals surface area contributed by atoms with Gasteiger partial charge in [0.25, 0.3) is 0 Å². The summed E-state index contributed by atoms with van der Waals surface area (Å²) in [5.41, 5.74) is 2.22. The van der Waals surface area contributed by atoms with E-state index in [-0.39, 0.29) is 18.1 Å². The van der Waals surface area contributed by atoms with E-state index in [1.54, 1.807) is 6.33 Å². The normalized spacial score (nSPS) is 25.0. The molecule has 0 saturated carbocycles. The smallest absolute Gasteiger partial charge is 0.233 e. The summed E-state index contributed by atoms with van der Waals surface area (Å²) in [5, 5.41) is 9.03. The molecule has 7 nitrogen and oxygen atoms in total. The van der Waals surface area contributed by atoms with E-state index < -0.39 is 0 Å². The summed E-state index contributed by atoms with van der Waals surface area (Å²) in [4.78, 5) is 17.5. The van der Waals surface area contributed by atoms with Gasteiger partial charge in [-0.3, -0.25) is 14.3 Å². The van der Waals surface area contributed by atoms with Crippen molar-refractivity contribution in [2.75, 3.05) is 31.9 Å².